The van der Waals surface area contributed by atoms with E-state index in [1.807, 2.05) is 0 Å². The zero-order valence-corrected chi connectivity index (χ0v) is 15.0. The van der Waals surface area contributed by atoms with Gasteiger partial charge in [-0.2, -0.15) is 0 Å². The second-order valence-electron chi connectivity index (χ2n) is 3.12. The summed E-state index contributed by atoms with van der Waals surface area (Å²) < 4.78 is 0. The number of hydrogen-bond acceptors (Lipinski definition) is 0. The Morgan fingerprint density at radius 3 is 0.786 bits per heavy atom. The molecule has 0 fully saturated rings. The number of halogens is 3. The summed E-state index contributed by atoms with van der Waals surface area (Å²) in [5.41, 5.74) is 5.87. The van der Waals surface area contributed by atoms with Gasteiger partial charge >= 0.3 is 0 Å². The summed E-state index contributed by atoms with van der Waals surface area (Å²) in [5.74, 6) is 1.47. The molecule has 1 aliphatic rings. The summed E-state index contributed by atoms with van der Waals surface area (Å²) in [6, 6.07) is 0. The molecule has 0 nitrogen and oxygen atoms in total. The molecule has 0 atom stereocenters. The van der Waals surface area contributed by atoms with Crippen molar-refractivity contribution in [2.75, 3.05) is 0 Å². The van der Waals surface area contributed by atoms with Crippen LogP contribution in [0.15, 0.2) is 22.3 Å². The average molecular weight is 420 g/mol. The molecule has 0 aliphatic heterocycles. The average Bonchev–Trinajstić information content (AvgIpc) is 2.07. The minimum Gasteiger partial charge on any atom is -1.00 e. The number of rotatable bonds is 0. The van der Waals surface area contributed by atoms with E-state index >= 15 is 0 Å². The van der Waals surface area contributed by atoms with Crippen molar-refractivity contribution in [3.63, 3.8) is 0 Å². The molecular weight excluding hydrogens is 405 g/mol. The zero-order chi connectivity index (χ0) is 7.89. The van der Waals surface area contributed by atoms with Crippen LogP contribution >= 0.6 is 0 Å². The quantitative estimate of drug-likeness (QED) is 0.343. The Labute approximate surface area is 125 Å². The van der Waals surface area contributed by atoms with Gasteiger partial charge in [-0.1, -0.05) is 18.1 Å². The van der Waals surface area contributed by atoms with Gasteiger partial charge in [0.15, 0.2) is 0 Å². The van der Waals surface area contributed by atoms with E-state index in [1.54, 1.807) is 0 Å². The minimum atomic E-state index is 0. The third kappa shape index (κ3) is 4.38. The smallest absolute Gasteiger partial charge is 0.0226 e. The first-order valence-corrected chi connectivity index (χ1v) is 3.75. The summed E-state index contributed by atoms with van der Waals surface area (Å²) in [4.78, 5) is 0. The van der Waals surface area contributed by atoms with Crippen LogP contribution in [0.1, 0.15) is 34.6 Å². The third-order valence-corrected chi connectivity index (χ3v) is 2.81. The largest absolute Gasteiger partial charge is 1.00 e. The van der Waals surface area contributed by atoms with Gasteiger partial charge in [-0.15, -0.1) is 0 Å². The van der Waals surface area contributed by atoms with E-state index in [-0.39, 0.29) is 63.1 Å². The van der Waals surface area contributed by atoms with Crippen molar-refractivity contribution in [3.8, 4) is 0 Å². The molecule has 0 unspecified atom stereocenters. The van der Waals surface area contributed by atoms with Crippen LogP contribution in [0.25, 0.3) is 0 Å². The van der Waals surface area contributed by atoms with Crippen molar-refractivity contribution in [3.05, 3.63) is 28.2 Å². The third-order valence-electron chi connectivity index (χ3n) is 2.81. The van der Waals surface area contributed by atoms with Crippen LogP contribution < -0.4 is 37.2 Å². The fraction of sp³-hybridized carbons (Fsp3) is 0.500. The van der Waals surface area contributed by atoms with Gasteiger partial charge < -0.3 is 37.2 Å². The molecule has 0 aromatic heterocycles. The molecule has 0 N–H and O–H groups in total. The maximum atomic E-state index is 2.20. The van der Waals surface area contributed by atoms with Crippen molar-refractivity contribution in [1.29, 1.82) is 0 Å². The summed E-state index contributed by atoms with van der Waals surface area (Å²) in [6.07, 6.45) is 0. The molecule has 4 heteroatoms. The second kappa shape index (κ2) is 9.45. The molecule has 1 rings (SSSR count). The topological polar surface area (TPSA) is 0 Å². The first-order valence-electron chi connectivity index (χ1n) is 3.75. The monoisotopic (exact) mass is 420 g/mol. The Hall–Kier alpha value is 1.22. The minimum absolute atomic E-state index is 0. The second-order valence-corrected chi connectivity index (χ2v) is 3.12. The van der Waals surface area contributed by atoms with E-state index in [2.05, 4.69) is 34.6 Å². The summed E-state index contributed by atoms with van der Waals surface area (Å²) in [5, 5.41) is 0. The molecule has 0 aromatic rings. The Balaban J connectivity index is -0.000000125. The Bertz CT molecular complexity index is 208. The first-order chi connectivity index (χ1) is 4.55. The molecule has 0 heterocycles. The zero-order valence-electron chi connectivity index (χ0n) is 9.13. The van der Waals surface area contributed by atoms with Crippen LogP contribution in [0.2, 0.25) is 0 Å². The normalized spacial score (nSPS) is 15.2. The molecule has 1 radical (unpaired) electrons. The van der Waals surface area contributed by atoms with Crippen LogP contribution in [0.3, 0.4) is 0 Å². The summed E-state index contributed by atoms with van der Waals surface area (Å²) in [7, 11) is 0. The summed E-state index contributed by atoms with van der Waals surface area (Å²) >= 11 is 0. The SMILES string of the molecule is C[C]1C(C)=C(C)C(C)=C1C.[Cl-].[Cl-].[Cl-].[Hf]. The van der Waals surface area contributed by atoms with E-state index in [9.17, 15) is 0 Å². The fourth-order valence-electron chi connectivity index (χ4n) is 1.41. The predicted molar refractivity (Wildman–Crippen MR) is 45.7 cm³/mol. The van der Waals surface area contributed by atoms with Gasteiger partial charge in [-0.25, -0.2) is 0 Å². The van der Waals surface area contributed by atoms with Crippen molar-refractivity contribution in [1.82, 2.24) is 0 Å². The molecule has 0 bridgehead atoms. The standard InChI is InChI=1S/C10H15.3ClH.Hf/c1-6-7(2)9(4)10(5)8(6)3;;;;/h1-5H3;3*1H;/p-3. The van der Waals surface area contributed by atoms with Gasteiger partial charge in [0.1, 0.15) is 0 Å². The molecule has 14 heavy (non-hydrogen) atoms. The first kappa shape index (κ1) is 24.4. The molecule has 0 amide bonds. The van der Waals surface area contributed by atoms with Crippen molar-refractivity contribution < 1.29 is 63.1 Å². The maximum absolute atomic E-state index is 2.20. The van der Waals surface area contributed by atoms with Crippen molar-refractivity contribution >= 4 is 0 Å². The van der Waals surface area contributed by atoms with E-state index < -0.39 is 0 Å². The number of allylic oxidation sites excluding steroid dienone is 4. The van der Waals surface area contributed by atoms with Crippen LogP contribution in [0, 0.1) is 5.92 Å². The Kier molecular flexibility index (Phi) is 16.5. The molecule has 83 valence electrons. The molecule has 1 aliphatic carbocycles. The van der Waals surface area contributed by atoms with Crippen LogP contribution in [0.4, 0.5) is 0 Å². The van der Waals surface area contributed by atoms with Crippen molar-refractivity contribution in [2.24, 2.45) is 0 Å². The Morgan fingerprint density at radius 1 is 0.500 bits per heavy atom. The predicted octanol–water partition coefficient (Wildman–Crippen LogP) is -5.72. The fourth-order valence-corrected chi connectivity index (χ4v) is 1.41. The van der Waals surface area contributed by atoms with E-state index in [0.717, 1.165) is 0 Å². The van der Waals surface area contributed by atoms with Crippen LogP contribution in [-0.2, 0) is 25.8 Å². The van der Waals surface area contributed by atoms with Crippen molar-refractivity contribution in [2.45, 2.75) is 34.6 Å². The molecule has 0 saturated heterocycles. The molecular formula is C10H15Cl3Hf-3. The Morgan fingerprint density at radius 2 is 0.714 bits per heavy atom. The molecule has 0 aromatic carbocycles. The van der Waals surface area contributed by atoms with Crippen LogP contribution in [-0.4, -0.2) is 0 Å². The van der Waals surface area contributed by atoms with E-state index in [1.165, 1.54) is 28.2 Å². The maximum Gasteiger partial charge on any atom is 0.0226 e. The van der Waals surface area contributed by atoms with Gasteiger partial charge in [-0.05, 0) is 38.8 Å². The van der Waals surface area contributed by atoms with Gasteiger partial charge in [0, 0.05) is 31.8 Å². The van der Waals surface area contributed by atoms with Crippen LogP contribution in [0.5, 0.6) is 0 Å². The van der Waals surface area contributed by atoms with Gasteiger partial charge in [0.2, 0.25) is 0 Å². The van der Waals surface area contributed by atoms with Gasteiger partial charge in [0.05, 0.1) is 0 Å². The van der Waals surface area contributed by atoms with E-state index in [4.69, 9.17) is 0 Å². The van der Waals surface area contributed by atoms with E-state index in [0.29, 0.717) is 0 Å². The van der Waals surface area contributed by atoms with Gasteiger partial charge in [-0.3, -0.25) is 0 Å². The number of hydrogen-bond donors (Lipinski definition) is 0. The summed E-state index contributed by atoms with van der Waals surface area (Å²) in [6.45, 7) is 11.0. The molecule has 0 saturated carbocycles. The van der Waals surface area contributed by atoms with Gasteiger partial charge in [0.25, 0.3) is 0 Å². The molecule has 0 spiro atoms.